The highest BCUT2D eigenvalue weighted by molar-refractivity contribution is 5.81. The molecule has 7 heteroatoms. The predicted octanol–water partition coefficient (Wildman–Crippen LogP) is 1.73. The summed E-state index contributed by atoms with van der Waals surface area (Å²) in [7, 11) is 3.12. The summed E-state index contributed by atoms with van der Waals surface area (Å²) in [4.78, 5) is 24.6. The van der Waals surface area contributed by atoms with E-state index in [1.54, 1.807) is 44.7 Å². The summed E-state index contributed by atoms with van der Waals surface area (Å²) in [5, 5.41) is 8.12. The number of carbonyl (C=O) groups is 1. The number of rotatable bonds is 6. The SMILES string of the molecule is COc1ccc(CNC(=O)Cn2ncc3ccccc3c2=O)cc1OC. The number of methoxy groups -OCH3 is 2. The minimum Gasteiger partial charge on any atom is -0.493 e. The molecule has 0 bridgehead atoms. The highest BCUT2D eigenvalue weighted by Gasteiger charge is 2.09. The van der Waals surface area contributed by atoms with Crippen molar-refractivity contribution in [1.82, 2.24) is 15.1 Å². The van der Waals surface area contributed by atoms with E-state index in [0.29, 0.717) is 23.4 Å². The lowest BCUT2D eigenvalue weighted by molar-refractivity contribution is -0.122. The lowest BCUT2D eigenvalue weighted by Gasteiger charge is -2.11. The molecule has 0 spiro atoms. The molecule has 3 rings (SSSR count). The molecule has 26 heavy (non-hydrogen) atoms. The number of ether oxygens (including phenoxy) is 2. The molecular weight excluding hydrogens is 334 g/mol. The van der Waals surface area contributed by atoms with Gasteiger partial charge in [-0.1, -0.05) is 24.3 Å². The molecule has 7 nitrogen and oxygen atoms in total. The summed E-state index contributed by atoms with van der Waals surface area (Å²) in [6.45, 7) is 0.165. The quantitative estimate of drug-likeness (QED) is 0.730. The van der Waals surface area contributed by atoms with Gasteiger partial charge in [0.1, 0.15) is 6.54 Å². The van der Waals surface area contributed by atoms with Crippen molar-refractivity contribution in [3.63, 3.8) is 0 Å². The van der Waals surface area contributed by atoms with E-state index in [0.717, 1.165) is 15.6 Å². The van der Waals surface area contributed by atoms with Crippen molar-refractivity contribution in [2.24, 2.45) is 0 Å². The number of benzene rings is 2. The van der Waals surface area contributed by atoms with Gasteiger partial charge in [-0.15, -0.1) is 0 Å². The van der Waals surface area contributed by atoms with Gasteiger partial charge in [-0.2, -0.15) is 5.10 Å². The first-order valence-electron chi connectivity index (χ1n) is 8.05. The number of aromatic nitrogens is 2. The predicted molar refractivity (Wildman–Crippen MR) is 97.4 cm³/mol. The second-order valence-corrected chi connectivity index (χ2v) is 5.66. The molecule has 0 aliphatic carbocycles. The number of nitrogens with zero attached hydrogens (tertiary/aromatic N) is 2. The van der Waals surface area contributed by atoms with Crippen molar-refractivity contribution in [2.45, 2.75) is 13.1 Å². The molecule has 1 amide bonds. The van der Waals surface area contributed by atoms with Crippen LogP contribution >= 0.6 is 0 Å². The van der Waals surface area contributed by atoms with Gasteiger partial charge in [0.05, 0.1) is 25.8 Å². The fraction of sp³-hybridized carbons (Fsp3) is 0.211. The summed E-state index contributed by atoms with van der Waals surface area (Å²) in [5.41, 5.74) is 0.569. The Hall–Kier alpha value is -3.35. The highest BCUT2D eigenvalue weighted by atomic mass is 16.5. The van der Waals surface area contributed by atoms with Crippen LogP contribution in [0, 0.1) is 0 Å². The topological polar surface area (TPSA) is 82.5 Å². The first-order valence-corrected chi connectivity index (χ1v) is 8.05. The number of hydrogen-bond donors (Lipinski definition) is 1. The largest absolute Gasteiger partial charge is 0.493 e. The first-order chi connectivity index (χ1) is 12.6. The second-order valence-electron chi connectivity index (χ2n) is 5.66. The van der Waals surface area contributed by atoms with Gasteiger partial charge in [-0.05, 0) is 23.8 Å². The Labute approximate surface area is 150 Å². The van der Waals surface area contributed by atoms with Crippen molar-refractivity contribution in [1.29, 1.82) is 0 Å². The molecule has 0 saturated carbocycles. The van der Waals surface area contributed by atoms with Crippen molar-refractivity contribution in [2.75, 3.05) is 14.2 Å². The average Bonchev–Trinajstić information content (AvgIpc) is 2.68. The molecule has 0 saturated heterocycles. The standard InChI is InChI=1S/C19H19N3O4/c1-25-16-8-7-13(9-17(16)26-2)10-20-18(23)12-22-19(24)15-6-4-3-5-14(15)11-21-22/h3-9,11H,10,12H2,1-2H3,(H,20,23). The van der Waals surface area contributed by atoms with E-state index in [2.05, 4.69) is 10.4 Å². The van der Waals surface area contributed by atoms with E-state index in [9.17, 15) is 9.59 Å². The van der Waals surface area contributed by atoms with Gasteiger partial charge < -0.3 is 14.8 Å². The van der Waals surface area contributed by atoms with Crippen molar-refractivity contribution < 1.29 is 14.3 Å². The zero-order valence-electron chi connectivity index (χ0n) is 14.6. The summed E-state index contributed by atoms with van der Waals surface area (Å²) < 4.78 is 11.6. The fourth-order valence-corrected chi connectivity index (χ4v) is 2.62. The van der Waals surface area contributed by atoms with Crippen LogP contribution in [0.25, 0.3) is 10.8 Å². The summed E-state index contributed by atoms with van der Waals surface area (Å²) in [5.74, 6) is 0.908. The monoisotopic (exact) mass is 353 g/mol. The third-order valence-electron chi connectivity index (χ3n) is 3.99. The molecule has 0 unspecified atom stereocenters. The maximum absolute atomic E-state index is 12.4. The lowest BCUT2D eigenvalue weighted by atomic mass is 10.2. The molecule has 0 atom stereocenters. The molecule has 0 fully saturated rings. The van der Waals surface area contributed by atoms with E-state index in [-0.39, 0.29) is 18.0 Å². The van der Waals surface area contributed by atoms with Crippen LogP contribution in [0.2, 0.25) is 0 Å². The Balaban J connectivity index is 1.68. The van der Waals surface area contributed by atoms with E-state index < -0.39 is 0 Å². The Morgan fingerprint density at radius 2 is 1.88 bits per heavy atom. The van der Waals surface area contributed by atoms with E-state index in [1.807, 2.05) is 18.2 Å². The zero-order chi connectivity index (χ0) is 18.5. The Bertz CT molecular complexity index is 997. The van der Waals surface area contributed by atoms with Crippen LogP contribution in [0.1, 0.15) is 5.56 Å². The van der Waals surface area contributed by atoms with Gasteiger partial charge in [-0.25, -0.2) is 4.68 Å². The van der Waals surface area contributed by atoms with E-state index >= 15 is 0 Å². The van der Waals surface area contributed by atoms with E-state index in [1.165, 1.54) is 0 Å². The number of fused-ring (bicyclic) bond motifs is 1. The minimum absolute atomic E-state index is 0.142. The Morgan fingerprint density at radius 3 is 2.65 bits per heavy atom. The maximum Gasteiger partial charge on any atom is 0.275 e. The van der Waals surface area contributed by atoms with Crippen LogP contribution in [0.3, 0.4) is 0 Å². The zero-order valence-corrected chi connectivity index (χ0v) is 14.6. The van der Waals surface area contributed by atoms with Crippen LogP contribution in [-0.2, 0) is 17.9 Å². The molecule has 2 aromatic carbocycles. The van der Waals surface area contributed by atoms with Crippen molar-refractivity contribution in [3.8, 4) is 11.5 Å². The van der Waals surface area contributed by atoms with Gasteiger partial charge in [0.15, 0.2) is 11.5 Å². The van der Waals surface area contributed by atoms with Crippen LogP contribution in [0.4, 0.5) is 0 Å². The van der Waals surface area contributed by atoms with Crippen LogP contribution < -0.4 is 20.3 Å². The van der Waals surface area contributed by atoms with Gasteiger partial charge >= 0.3 is 0 Å². The summed E-state index contributed by atoms with van der Waals surface area (Å²) in [6, 6.07) is 12.6. The third-order valence-corrected chi connectivity index (χ3v) is 3.99. The van der Waals surface area contributed by atoms with Crippen LogP contribution in [0.15, 0.2) is 53.5 Å². The minimum atomic E-state index is -0.301. The molecule has 0 aliphatic rings. The molecule has 3 aromatic rings. The second kappa shape index (κ2) is 7.69. The maximum atomic E-state index is 12.4. The Kier molecular flexibility index (Phi) is 5.17. The van der Waals surface area contributed by atoms with Gasteiger partial charge in [0, 0.05) is 11.9 Å². The van der Waals surface area contributed by atoms with E-state index in [4.69, 9.17) is 9.47 Å². The molecule has 1 N–H and O–H groups in total. The number of nitrogens with one attached hydrogen (secondary N) is 1. The van der Waals surface area contributed by atoms with Gasteiger partial charge in [0.2, 0.25) is 5.91 Å². The van der Waals surface area contributed by atoms with Gasteiger partial charge in [-0.3, -0.25) is 9.59 Å². The summed E-state index contributed by atoms with van der Waals surface area (Å²) in [6.07, 6.45) is 1.58. The first kappa shape index (κ1) is 17.5. The molecule has 0 radical (unpaired) electrons. The highest BCUT2D eigenvalue weighted by Crippen LogP contribution is 2.27. The van der Waals surface area contributed by atoms with Crippen molar-refractivity contribution >= 4 is 16.7 Å². The van der Waals surface area contributed by atoms with Crippen LogP contribution in [-0.4, -0.2) is 29.9 Å². The molecule has 134 valence electrons. The normalized spacial score (nSPS) is 10.5. The molecule has 0 aliphatic heterocycles. The third kappa shape index (κ3) is 3.66. The number of hydrogen-bond acceptors (Lipinski definition) is 5. The Morgan fingerprint density at radius 1 is 1.12 bits per heavy atom. The average molecular weight is 353 g/mol. The molecule has 1 heterocycles. The fourth-order valence-electron chi connectivity index (χ4n) is 2.62. The lowest BCUT2D eigenvalue weighted by Crippen LogP contribution is -2.33. The smallest absolute Gasteiger partial charge is 0.275 e. The molecular formula is C19H19N3O4. The van der Waals surface area contributed by atoms with Crippen LogP contribution in [0.5, 0.6) is 11.5 Å². The van der Waals surface area contributed by atoms with Crippen molar-refractivity contribution in [3.05, 3.63) is 64.6 Å². The molecule has 1 aromatic heterocycles. The van der Waals surface area contributed by atoms with Gasteiger partial charge in [0.25, 0.3) is 5.56 Å². The number of amides is 1. The summed E-state index contributed by atoms with van der Waals surface area (Å²) >= 11 is 0. The number of carbonyl (C=O) groups excluding carboxylic acids is 1.